The number of aliphatic carboxylic acids is 1. The van der Waals surface area contributed by atoms with E-state index in [0.717, 1.165) is 0 Å². The van der Waals surface area contributed by atoms with E-state index < -0.39 is 36.6 Å². The maximum Gasteiger partial charge on any atom is 0.320 e. The van der Waals surface area contributed by atoms with E-state index in [1.165, 1.54) is 0 Å². The number of carboxylic acid groups (broad SMARTS) is 1. The number of guanidine groups is 1. The van der Waals surface area contributed by atoms with Gasteiger partial charge < -0.3 is 47.5 Å². The zero-order valence-electron chi connectivity index (χ0n) is 11.9. The predicted molar refractivity (Wildman–Crippen MR) is 75.5 cm³/mol. The molecular weight excluding hydrogens is 300 g/mol. The summed E-state index contributed by atoms with van der Waals surface area (Å²) in [7, 11) is 0. The van der Waals surface area contributed by atoms with Crippen molar-refractivity contribution >= 4 is 11.9 Å². The fraction of sp³-hybridized carbons (Fsp3) is 0.818. The summed E-state index contributed by atoms with van der Waals surface area (Å²) < 4.78 is 4.47. The van der Waals surface area contributed by atoms with Gasteiger partial charge in [-0.25, -0.2) is 0 Å². The molecule has 0 amide bonds. The van der Waals surface area contributed by atoms with E-state index in [2.05, 4.69) is 9.73 Å². The number of ether oxygens (including phenoxy) is 1. The molecule has 22 heavy (non-hydrogen) atoms. The van der Waals surface area contributed by atoms with Crippen molar-refractivity contribution in [1.82, 2.24) is 0 Å². The Bertz CT molecular complexity index is 350. The van der Waals surface area contributed by atoms with Crippen LogP contribution in [0.1, 0.15) is 12.8 Å². The summed E-state index contributed by atoms with van der Waals surface area (Å²) >= 11 is 0. The lowest BCUT2D eigenvalue weighted by Crippen LogP contribution is -2.52. The van der Waals surface area contributed by atoms with Gasteiger partial charge in [0.25, 0.3) is 0 Å². The van der Waals surface area contributed by atoms with Crippen LogP contribution in [0.5, 0.6) is 0 Å². The van der Waals surface area contributed by atoms with Crippen molar-refractivity contribution in [3.8, 4) is 0 Å². The molecule has 0 aromatic rings. The molecule has 0 radical (unpaired) electrons. The molecule has 1 heterocycles. The molecular formula is C11H24N4O7. The van der Waals surface area contributed by atoms with Gasteiger partial charge in [0.1, 0.15) is 24.4 Å². The van der Waals surface area contributed by atoms with Crippen molar-refractivity contribution in [1.29, 1.82) is 0 Å². The van der Waals surface area contributed by atoms with Crippen LogP contribution in [0.3, 0.4) is 0 Å². The molecule has 130 valence electrons. The SMILES string of the molecule is NC(N)=NCCCC(N)C(=O)O.OC1OC[C@@H](O)[C@H](O)[C@H]1O. The zero-order valence-corrected chi connectivity index (χ0v) is 11.9. The highest BCUT2D eigenvalue weighted by Gasteiger charge is 2.36. The van der Waals surface area contributed by atoms with Crippen LogP contribution in [0.2, 0.25) is 0 Å². The number of hydrogen-bond donors (Lipinski definition) is 8. The number of carbonyl (C=O) groups is 1. The predicted octanol–water partition coefficient (Wildman–Crippen LogP) is -4.13. The van der Waals surface area contributed by atoms with Crippen LogP contribution in [-0.2, 0) is 9.53 Å². The second kappa shape index (κ2) is 10.3. The Morgan fingerprint density at radius 3 is 2.27 bits per heavy atom. The van der Waals surface area contributed by atoms with Gasteiger partial charge in [-0.05, 0) is 12.8 Å². The molecule has 1 fully saturated rings. The largest absolute Gasteiger partial charge is 0.480 e. The Kier molecular flexibility index (Phi) is 9.56. The Labute approximate surface area is 127 Å². The number of rotatable bonds is 5. The third-order valence-corrected chi connectivity index (χ3v) is 2.76. The lowest BCUT2D eigenvalue weighted by atomic mass is 10.1. The Hall–Kier alpha value is -1.50. The number of aliphatic imine (C=N–C) groups is 1. The number of nitrogens with zero attached hydrogens (tertiary/aromatic N) is 1. The van der Waals surface area contributed by atoms with Crippen molar-refractivity contribution in [2.24, 2.45) is 22.2 Å². The van der Waals surface area contributed by atoms with Crippen LogP contribution in [0.15, 0.2) is 4.99 Å². The van der Waals surface area contributed by atoms with Crippen LogP contribution in [0.4, 0.5) is 0 Å². The third-order valence-electron chi connectivity index (χ3n) is 2.76. The van der Waals surface area contributed by atoms with Gasteiger partial charge >= 0.3 is 5.97 Å². The van der Waals surface area contributed by atoms with Gasteiger partial charge in [-0.2, -0.15) is 0 Å². The molecule has 1 aliphatic heterocycles. The minimum atomic E-state index is -1.41. The minimum absolute atomic E-state index is 0.0129. The quantitative estimate of drug-likeness (QED) is 0.139. The lowest BCUT2D eigenvalue weighted by molar-refractivity contribution is -0.252. The second-order valence-corrected chi connectivity index (χ2v) is 4.67. The molecule has 0 aromatic carbocycles. The Balaban J connectivity index is 0.000000406. The van der Waals surface area contributed by atoms with Crippen LogP contribution in [-0.4, -0.2) is 81.3 Å². The Morgan fingerprint density at radius 1 is 1.23 bits per heavy atom. The van der Waals surface area contributed by atoms with E-state index in [1.54, 1.807) is 0 Å². The van der Waals surface area contributed by atoms with Crippen molar-refractivity contribution in [3.05, 3.63) is 0 Å². The molecule has 0 saturated carbocycles. The highest BCUT2D eigenvalue weighted by Crippen LogP contribution is 2.12. The van der Waals surface area contributed by atoms with Gasteiger partial charge in [-0.3, -0.25) is 9.79 Å². The summed E-state index contributed by atoms with van der Waals surface area (Å²) in [6, 6.07) is -0.820. The fourth-order valence-electron chi connectivity index (χ4n) is 1.43. The van der Waals surface area contributed by atoms with E-state index in [4.69, 9.17) is 42.7 Å². The molecule has 0 spiro atoms. The van der Waals surface area contributed by atoms with Crippen molar-refractivity contribution < 1.29 is 35.1 Å². The van der Waals surface area contributed by atoms with Gasteiger partial charge in [0.05, 0.1) is 6.61 Å². The minimum Gasteiger partial charge on any atom is -0.480 e. The van der Waals surface area contributed by atoms with Gasteiger partial charge in [-0.1, -0.05) is 0 Å². The normalized spacial score (nSPS) is 29.0. The molecule has 1 rings (SSSR count). The first-order valence-electron chi connectivity index (χ1n) is 6.54. The first kappa shape index (κ1) is 20.5. The van der Waals surface area contributed by atoms with Gasteiger partial charge in [0.15, 0.2) is 12.2 Å². The molecule has 5 atom stereocenters. The molecule has 0 aromatic heterocycles. The van der Waals surface area contributed by atoms with Crippen LogP contribution in [0, 0.1) is 0 Å². The van der Waals surface area contributed by atoms with E-state index in [1.807, 2.05) is 0 Å². The number of aliphatic hydroxyl groups excluding tert-OH is 4. The van der Waals surface area contributed by atoms with Crippen molar-refractivity contribution in [2.75, 3.05) is 13.2 Å². The average Bonchev–Trinajstić information content (AvgIpc) is 2.45. The first-order valence-corrected chi connectivity index (χ1v) is 6.54. The maximum absolute atomic E-state index is 10.2. The number of aliphatic hydroxyl groups is 4. The smallest absolute Gasteiger partial charge is 0.320 e. The number of nitrogens with two attached hydrogens (primary N) is 3. The average molecular weight is 324 g/mol. The summed E-state index contributed by atoms with van der Waals surface area (Å²) in [6.45, 7) is 0.267. The maximum atomic E-state index is 10.2. The molecule has 11 N–H and O–H groups in total. The first-order chi connectivity index (χ1) is 10.2. The Morgan fingerprint density at radius 2 is 1.82 bits per heavy atom. The van der Waals surface area contributed by atoms with E-state index in [0.29, 0.717) is 19.4 Å². The molecule has 1 aliphatic rings. The van der Waals surface area contributed by atoms with Gasteiger partial charge in [0, 0.05) is 6.54 Å². The van der Waals surface area contributed by atoms with Crippen molar-refractivity contribution in [2.45, 2.75) is 43.5 Å². The lowest BCUT2D eigenvalue weighted by Gasteiger charge is -2.31. The summed E-state index contributed by atoms with van der Waals surface area (Å²) in [5.41, 5.74) is 15.3. The van der Waals surface area contributed by atoms with Crippen LogP contribution < -0.4 is 17.2 Å². The molecule has 1 saturated heterocycles. The van der Waals surface area contributed by atoms with Gasteiger partial charge in [0.2, 0.25) is 0 Å². The van der Waals surface area contributed by atoms with Crippen LogP contribution >= 0.6 is 0 Å². The second-order valence-electron chi connectivity index (χ2n) is 4.67. The molecule has 0 bridgehead atoms. The number of hydrogen-bond acceptors (Lipinski definition) is 8. The monoisotopic (exact) mass is 324 g/mol. The van der Waals surface area contributed by atoms with Crippen LogP contribution in [0.25, 0.3) is 0 Å². The van der Waals surface area contributed by atoms with Gasteiger partial charge in [-0.15, -0.1) is 0 Å². The molecule has 11 nitrogen and oxygen atoms in total. The summed E-state index contributed by atoms with van der Waals surface area (Å²) in [4.78, 5) is 13.9. The highest BCUT2D eigenvalue weighted by molar-refractivity contribution is 5.75. The zero-order chi connectivity index (χ0) is 17.3. The molecule has 11 heteroatoms. The highest BCUT2D eigenvalue weighted by atomic mass is 16.6. The summed E-state index contributed by atoms with van der Waals surface area (Å²) in [5.74, 6) is -0.987. The number of carboxylic acids is 1. The van der Waals surface area contributed by atoms with E-state index in [9.17, 15) is 4.79 Å². The molecule has 0 aliphatic carbocycles. The van der Waals surface area contributed by atoms with Crippen molar-refractivity contribution in [3.63, 3.8) is 0 Å². The standard InChI is InChI=1S/C6H14N4O2.C5H10O5/c7-4(5(11)12)2-1-3-10-6(8)9;6-2-1-10-5(9)4(8)3(2)7/h4H,1-3,7H2,(H,11,12)(H4,8,9,10);2-9H,1H2/t;2-,3+,4-,5?/m.1/s1. The summed E-state index contributed by atoms with van der Waals surface area (Å²) in [5, 5.41) is 43.6. The third kappa shape index (κ3) is 8.07. The molecule has 2 unspecified atom stereocenters. The van der Waals surface area contributed by atoms with E-state index in [-0.39, 0.29) is 12.6 Å². The fourth-order valence-corrected chi connectivity index (χ4v) is 1.43. The topological polar surface area (TPSA) is 218 Å². The summed E-state index contributed by atoms with van der Waals surface area (Å²) in [6.07, 6.45) is -4.28. The van der Waals surface area contributed by atoms with E-state index >= 15 is 0 Å².